The Labute approximate surface area is 98.8 Å². The Bertz CT molecular complexity index is 429. The third kappa shape index (κ3) is 2.30. The molecule has 1 aromatic rings. The van der Waals surface area contributed by atoms with Crippen LogP contribution in [0.3, 0.4) is 0 Å². The fourth-order valence-corrected chi connectivity index (χ4v) is 1.98. The van der Waals surface area contributed by atoms with E-state index in [-0.39, 0.29) is 19.0 Å². The molecule has 1 aliphatic heterocycles. The lowest BCUT2D eigenvalue weighted by Crippen LogP contribution is -2.36. The number of aliphatic carboxylic acids is 1. The van der Waals surface area contributed by atoms with E-state index in [1.807, 2.05) is 0 Å². The summed E-state index contributed by atoms with van der Waals surface area (Å²) >= 11 is 0. The number of hydrogen-bond acceptors (Lipinski definition) is 3. The predicted octanol–water partition coefficient (Wildman–Crippen LogP) is 0.206. The highest BCUT2D eigenvalue weighted by Crippen LogP contribution is 2.30. The average molecular weight is 237 g/mol. The molecule has 0 saturated carbocycles. The first-order valence-electron chi connectivity index (χ1n) is 5.50. The number of likely N-dealkylation sites (tertiary alicyclic amines) is 1. The van der Waals surface area contributed by atoms with Gasteiger partial charge in [-0.1, -0.05) is 0 Å². The monoisotopic (exact) mass is 237 g/mol. The zero-order valence-electron chi connectivity index (χ0n) is 9.67. The first kappa shape index (κ1) is 11.6. The summed E-state index contributed by atoms with van der Waals surface area (Å²) in [7, 11) is 0. The molecule has 1 saturated heterocycles. The van der Waals surface area contributed by atoms with Gasteiger partial charge in [0.25, 0.3) is 0 Å². The lowest BCUT2D eigenvalue weighted by molar-refractivity contribution is -0.147. The Balaban J connectivity index is 1.97. The molecule has 1 atom stereocenters. The summed E-state index contributed by atoms with van der Waals surface area (Å²) in [6.07, 6.45) is 3.83. The molecule has 0 aliphatic carbocycles. The molecule has 1 N–H and O–H groups in total. The fourth-order valence-electron chi connectivity index (χ4n) is 1.98. The summed E-state index contributed by atoms with van der Waals surface area (Å²) in [6, 6.07) is 1.75. The Morgan fingerprint density at radius 3 is 2.82 bits per heavy atom. The smallest absolute Gasteiger partial charge is 0.311 e. The number of carbonyl (C=O) groups excluding carboxylic acids is 1. The van der Waals surface area contributed by atoms with Crippen LogP contribution in [-0.2, 0) is 16.1 Å². The number of carboxylic acids is 1. The maximum atomic E-state index is 11.9. The normalized spacial score (nSPS) is 23.9. The molecule has 0 unspecified atom stereocenters. The average Bonchev–Trinajstić information content (AvgIpc) is 2.88. The summed E-state index contributed by atoms with van der Waals surface area (Å²) in [5, 5.41) is 13.0. The maximum Gasteiger partial charge on any atom is 0.311 e. The van der Waals surface area contributed by atoms with E-state index in [0.717, 1.165) is 0 Å². The predicted molar refractivity (Wildman–Crippen MR) is 59.2 cm³/mol. The molecule has 17 heavy (non-hydrogen) atoms. The summed E-state index contributed by atoms with van der Waals surface area (Å²) in [6.45, 7) is 2.63. The van der Waals surface area contributed by atoms with Gasteiger partial charge in [0.1, 0.15) is 6.54 Å². The topological polar surface area (TPSA) is 75.4 Å². The Morgan fingerprint density at radius 1 is 1.53 bits per heavy atom. The van der Waals surface area contributed by atoms with Gasteiger partial charge in [-0.25, -0.2) is 0 Å². The molecule has 1 fully saturated rings. The molecular weight excluding hydrogens is 222 g/mol. The van der Waals surface area contributed by atoms with Crippen LogP contribution in [0.5, 0.6) is 0 Å². The second kappa shape index (κ2) is 4.20. The Kier molecular flexibility index (Phi) is 2.87. The van der Waals surface area contributed by atoms with Gasteiger partial charge in [-0.15, -0.1) is 0 Å². The zero-order chi connectivity index (χ0) is 12.5. The first-order chi connectivity index (χ1) is 8.01. The van der Waals surface area contributed by atoms with Crippen LogP contribution in [0.4, 0.5) is 0 Å². The molecule has 0 aromatic carbocycles. The number of nitrogens with zero attached hydrogens (tertiary/aromatic N) is 3. The van der Waals surface area contributed by atoms with E-state index in [1.54, 1.807) is 35.0 Å². The number of rotatable bonds is 3. The van der Waals surface area contributed by atoms with Gasteiger partial charge < -0.3 is 10.0 Å². The van der Waals surface area contributed by atoms with E-state index in [4.69, 9.17) is 5.11 Å². The van der Waals surface area contributed by atoms with Crippen molar-refractivity contribution in [1.82, 2.24) is 14.7 Å². The van der Waals surface area contributed by atoms with Gasteiger partial charge in [-0.05, 0) is 19.4 Å². The van der Waals surface area contributed by atoms with Crippen molar-refractivity contribution in [3.63, 3.8) is 0 Å². The minimum Gasteiger partial charge on any atom is -0.481 e. The van der Waals surface area contributed by atoms with Gasteiger partial charge in [0.05, 0.1) is 5.41 Å². The van der Waals surface area contributed by atoms with Gasteiger partial charge in [0.15, 0.2) is 0 Å². The van der Waals surface area contributed by atoms with Crippen molar-refractivity contribution in [1.29, 1.82) is 0 Å². The van der Waals surface area contributed by atoms with E-state index in [0.29, 0.717) is 13.0 Å². The molecule has 6 nitrogen and oxygen atoms in total. The number of carboxylic acid groups (broad SMARTS) is 1. The van der Waals surface area contributed by atoms with Crippen LogP contribution in [0.2, 0.25) is 0 Å². The van der Waals surface area contributed by atoms with Crippen LogP contribution in [0.15, 0.2) is 18.5 Å². The van der Waals surface area contributed by atoms with Crippen LogP contribution in [-0.4, -0.2) is 44.8 Å². The van der Waals surface area contributed by atoms with Crippen molar-refractivity contribution in [3.8, 4) is 0 Å². The molecule has 0 radical (unpaired) electrons. The van der Waals surface area contributed by atoms with E-state index in [1.165, 1.54) is 0 Å². The maximum absolute atomic E-state index is 11.9. The molecular formula is C11H15N3O3. The Hall–Kier alpha value is -1.85. The molecule has 0 spiro atoms. The van der Waals surface area contributed by atoms with Crippen LogP contribution >= 0.6 is 0 Å². The molecule has 2 heterocycles. The molecule has 1 amide bonds. The molecule has 92 valence electrons. The summed E-state index contributed by atoms with van der Waals surface area (Å²) in [4.78, 5) is 24.5. The highest BCUT2D eigenvalue weighted by Gasteiger charge is 2.41. The molecule has 2 rings (SSSR count). The number of aromatic nitrogens is 2. The standard InChI is InChI=1S/C11H15N3O3/c1-11(10(16)17)3-6-13(8-11)9(15)7-14-5-2-4-12-14/h2,4-5H,3,6-8H2,1H3,(H,16,17)/t11-/m1/s1. The molecule has 1 aliphatic rings. The van der Waals surface area contributed by atoms with Crippen molar-refractivity contribution >= 4 is 11.9 Å². The summed E-state index contributed by atoms with van der Waals surface area (Å²) in [5.41, 5.74) is -0.806. The zero-order valence-corrected chi connectivity index (χ0v) is 9.67. The van der Waals surface area contributed by atoms with Crippen molar-refractivity contribution in [2.45, 2.75) is 19.9 Å². The fraction of sp³-hybridized carbons (Fsp3) is 0.545. The first-order valence-corrected chi connectivity index (χ1v) is 5.50. The quantitative estimate of drug-likeness (QED) is 0.815. The number of hydrogen-bond donors (Lipinski definition) is 1. The van der Waals surface area contributed by atoms with Gasteiger partial charge >= 0.3 is 5.97 Å². The molecule has 6 heteroatoms. The minimum absolute atomic E-state index is 0.0846. The van der Waals surface area contributed by atoms with Crippen molar-refractivity contribution in [2.24, 2.45) is 5.41 Å². The van der Waals surface area contributed by atoms with Crippen LogP contribution in [0.25, 0.3) is 0 Å². The van der Waals surface area contributed by atoms with Crippen LogP contribution in [0, 0.1) is 5.41 Å². The van der Waals surface area contributed by atoms with E-state index < -0.39 is 11.4 Å². The van der Waals surface area contributed by atoms with E-state index in [2.05, 4.69) is 5.10 Å². The number of amides is 1. The van der Waals surface area contributed by atoms with Crippen molar-refractivity contribution < 1.29 is 14.7 Å². The van der Waals surface area contributed by atoms with Gasteiger partial charge in [-0.3, -0.25) is 14.3 Å². The SMILES string of the molecule is C[C@@]1(C(=O)O)CCN(C(=O)Cn2cccn2)C1. The van der Waals surface area contributed by atoms with Crippen LogP contribution < -0.4 is 0 Å². The number of carbonyl (C=O) groups is 2. The van der Waals surface area contributed by atoms with Gasteiger partial charge in [0, 0.05) is 25.5 Å². The van der Waals surface area contributed by atoms with E-state index >= 15 is 0 Å². The Morgan fingerprint density at radius 2 is 2.29 bits per heavy atom. The highest BCUT2D eigenvalue weighted by atomic mass is 16.4. The lowest BCUT2D eigenvalue weighted by Gasteiger charge is -2.20. The van der Waals surface area contributed by atoms with E-state index in [9.17, 15) is 9.59 Å². The minimum atomic E-state index is -0.841. The van der Waals surface area contributed by atoms with Crippen molar-refractivity contribution in [3.05, 3.63) is 18.5 Å². The van der Waals surface area contributed by atoms with Crippen LogP contribution in [0.1, 0.15) is 13.3 Å². The summed E-state index contributed by atoms with van der Waals surface area (Å²) < 4.78 is 1.54. The molecule has 0 bridgehead atoms. The second-order valence-corrected chi connectivity index (χ2v) is 4.63. The van der Waals surface area contributed by atoms with Gasteiger partial charge in [0.2, 0.25) is 5.91 Å². The summed E-state index contributed by atoms with van der Waals surface area (Å²) in [5.74, 6) is -0.925. The second-order valence-electron chi connectivity index (χ2n) is 4.63. The third-order valence-electron chi connectivity index (χ3n) is 3.20. The third-order valence-corrected chi connectivity index (χ3v) is 3.20. The van der Waals surface area contributed by atoms with Crippen molar-refractivity contribution in [2.75, 3.05) is 13.1 Å². The molecule has 1 aromatic heterocycles. The highest BCUT2D eigenvalue weighted by molar-refractivity contribution is 5.80. The lowest BCUT2D eigenvalue weighted by atomic mass is 9.90. The van der Waals surface area contributed by atoms with Gasteiger partial charge in [-0.2, -0.15) is 5.10 Å². The largest absolute Gasteiger partial charge is 0.481 e.